The van der Waals surface area contributed by atoms with Gasteiger partial charge in [0.05, 0.1) is 149 Å². The molecule has 28 heteroatoms. The first-order chi connectivity index (χ1) is 38.9. The van der Waals surface area contributed by atoms with Gasteiger partial charge < -0.3 is 85.7 Å². The summed E-state index contributed by atoms with van der Waals surface area (Å²) >= 11 is 3.78. The van der Waals surface area contributed by atoms with E-state index in [2.05, 4.69) is 55.5 Å². The Morgan fingerprint density at radius 1 is 0.519 bits per heavy atom. The number of ether oxygens (including phenoxy) is 8. The molecule has 0 saturated carbocycles. The highest BCUT2D eigenvalue weighted by molar-refractivity contribution is 8.00. The van der Waals surface area contributed by atoms with Gasteiger partial charge in [-0.1, -0.05) is 32.1 Å². The zero-order valence-electron chi connectivity index (χ0n) is 45.9. The fourth-order valence-electron chi connectivity index (χ4n) is 8.14. The molecule has 0 aromatic carbocycles. The van der Waals surface area contributed by atoms with Gasteiger partial charge in [-0.2, -0.15) is 23.5 Å². The maximum absolute atomic E-state index is 12.0. The number of rotatable bonds is 42. The molecule has 9 N–H and O–H groups in total. The number of nitrogens with one attached hydrogen (secondary N) is 7. The molecule has 6 atom stereocenters. The molecule has 81 heavy (non-hydrogen) atoms. The van der Waals surface area contributed by atoms with Gasteiger partial charge in [0.2, 0.25) is 17.7 Å². The molecule has 0 radical (unpaired) electrons. The number of urea groups is 2. The number of hydrogen-bond acceptors (Lipinski definition) is 20. The fourth-order valence-corrected chi connectivity index (χ4v) is 11.2. The number of hydroxylamine groups is 2. The fraction of sp³-hybridized carbons (Fsp3) is 0.774. The molecule has 26 nitrogen and oxygen atoms in total. The Bertz CT molecular complexity index is 1920. The second kappa shape index (κ2) is 46.5. The molecule has 0 aromatic rings. The van der Waals surface area contributed by atoms with Crippen molar-refractivity contribution in [3.8, 4) is 24.7 Å². The Labute approximate surface area is 485 Å². The number of nitrogens with zero attached hydrogens (tertiary/aromatic N) is 1. The number of terminal acetylenes is 2. The highest BCUT2D eigenvalue weighted by atomic mass is 32.2. The number of carbonyl (C=O) groups is 8. The summed E-state index contributed by atoms with van der Waals surface area (Å²) in [5.74, 6) is 4.65. The number of nitrogens with two attached hydrogens (primary N) is 1. The minimum Gasteiger partial charge on any atom is -0.379 e. The minimum atomic E-state index is -0.703. The average molecular weight is 1190 g/mol. The molecule has 5 heterocycles. The Balaban J connectivity index is 0.000000515. The van der Waals surface area contributed by atoms with Crippen LogP contribution in [-0.4, -0.2) is 231 Å². The smallest absolute Gasteiger partial charge is 0.335 e. The SMILES string of the molecule is C.C#CCN.C#CCNC(=O)CCOCCOCCOCCOCCNC(=O)CCCCC1SCC2NC(=O)NC21.O=C(CCCCC1SCC2NC(=O)NC21)NCCOCCOCCOCCOCCC(=O)ON1C(=O)CCC1=O. The van der Waals surface area contributed by atoms with Gasteiger partial charge in [-0.15, -0.1) is 17.9 Å². The van der Waals surface area contributed by atoms with Crippen molar-refractivity contribution < 1.29 is 81.1 Å². The summed E-state index contributed by atoms with van der Waals surface area (Å²) in [6.45, 7) is 7.65. The van der Waals surface area contributed by atoms with Gasteiger partial charge >= 0.3 is 18.0 Å². The van der Waals surface area contributed by atoms with Crippen LogP contribution < -0.4 is 43.0 Å². The number of hydrogen-bond donors (Lipinski definition) is 8. The van der Waals surface area contributed by atoms with Gasteiger partial charge in [-0.05, 0) is 25.7 Å². The summed E-state index contributed by atoms with van der Waals surface area (Å²) in [5, 5.41) is 21.5. The minimum absolute atomic E-state index is 0. The van der Waals surface area contributed by atoms with Gasteiger partial charge in [-0.3, -0.25) is 24.0 Å². The van der Waals surface area contributed by atoms with Crippen LogP contribution in [0.2, 0.25) is 0 Å². The van der Waals surface area contributed by atoms with Gasteiger partial charge in [0.15, 0.2) is 0 Å². The van der Waals surface area contributed by atoms with Gasteiger partial charge in [-0.25, -0.2) is 14.4 Å². The van der Waals surface area contributed by atoms with Crippen molar-refractivity contribution in [2.45, 2.75) is 119 Å². The number of carbonyl (C=O) groups excluding carboxylic acids is 8. The van der Waals surface area contributed by atoms with E-state index < -0.39 is 17.8 Å². The van der Waals surface area contributed by atoms with Crippen molar-refractivity contribution in [3.63, 3.8) is 0 Å². The van der Waals surface area contributed by atoms with Crippen LogP contribution in [-0.2, 0) is 71.5 Å². The lowest BCUT2D eigenvalue weighted by molar-refractivity contribution is -0.198. The predicted molar refractivity (Wildman–Crippen MR) is 303 cm³/mol. The second-order valence-corrected chi connectivity index (χ2v) is 20.8. The van der Waals surface area contributed by atoms with Crippen molar-refractivity contribution in [2.75, 3.05) is 143 Å². The van der Waals surface area contributed by atoms with E-state index in [9.17, 15) is 38.4 Å². The number of unbranched alkanes of at least 4 members (excludes halogenated alkanes) is 2. The third-order valence-electron chi connectivity index (χ3n) is 12.2. The second-order valence-electron chi connectivity index (χ2n) is 18.3. The molecule has 6 unspecified atom stereocenters. The standard InChI is InChI=1S/C25H40N4O10S.C24H40N4O7S.C3H5N.CH4/c30-20(4-2-1-3-19-24-18(17-40-19)27-25(34)28-24)26-8-10-36-12-14-38-16-15-37-13-11-35-9-7-23(33)39-29-21(31)5-6-22(29)32;1-2-8-25-22(30)7-10-32-12-14-34-16-17-35-15-13-33-11-9-26-21(29)6-4-3-5-20-23-19(18-36-20)27-24(31)28-23;1-2-3-4;/h18-19,24H,1-17H2,(H,26,30)(H2,27,28,34);1,19-20,23H,3-18H2,(H,25,30)(H,26,29)(H2,27,28,31);1H,3-4H2;1H4. The van der Waals surface area contributed by atoms with E-state index >= 15 is 0 Å². The highest BCUT2D eigenvalue weighted by Crippen LogP contribution is 2.34. The summed E-state index contributed by atoms with van der Waals surface area (Å²) in [6.07, 6.45) is 16.6. The quantitative estimate of drug-likeness (QED) is 0.0174. The predicted octanol–water partition coefficient (Wildman–Crippen LogP) is 0.141. The van der Waals surface area contributed by atoms with E-state index in [0.29, 0.717) is 141 Å². The molecule has 5 rings (SSSR count). The summed E-state index contributed by atoms with van der Waals surface area (Å²) in [7, 11) is 0. The summed E-state index contributed by atoms with van der Waals surface area (Å²) in [4.78, 5) is 97.1. The van der Waals surface area contributed by atoms with Crippen LogP contribution in [0.15, 0.2) is 0 Å². The zero-order chi connectivity index (χ0) is 57.8. The molecule has 0 aliphatic carbocycles. The normalized spacial score (nSPS) is 20.1. The topological polar surface area (TPSA) is 333 Å². The van der Waals surface area contributed by atoms with Crippen molar-refractivity contribution >= 4 is 71.1 Å². The lowest BCUT2D eigenvalue weighted by Gasteiger charge is -2.16. The average Bonchev–Trinajstić information content (AvgIpc) is 4.36. The maximum atomic E-state index is 12.0. The molecule has 5 aliphatic heterocycles. The first kappa shape index (κ1) is 72.1. The van der Waals surface area contributed by atoms with Crippen molar-refractivity contribution in [1.82, 2.24) is 42.3 Å². The van der Waals surface area contributed by atoms with Crippen LogP contribution in [0.4, 0.5) is 9.59 Å². The highest BCUT2D eigenvalue weighted by Gasteiger charge is 2.43. The Hall–Kier alpha value is -4.98. The largest absolute Gasteiger partial charge is 0.379 e. The van der Waals surface area contributed by atoms with Crippen LogP contribution >= 0.6 is 23.5 Å². The van der Waals surface area contributed by atoms with Crippen molar-refractivity contribution in [1.29, 1.82) is 0 Å². The molecule has 5 aliphatic rings. The number of fused-ring (bicyclic) bond motifs is 2. The molecule has 5 saturated heterocycles. The zero-order valence-corrected chi connectivity index (χ0v) is 47.6. The molecule has 5 fully saturated rings. The Morgan fingerprint density at radius 3 is 1.28 bits per heavy atom. The monoisotopic (exact) mass is 1190 g/mol. The summed E-state index contributed by atoms with van der Waals surface area (Å²) in [5.41, 5.74) is 4.79. The van der Waals surface area contributed by atoms with E-state index in [-0.39, 0.29) is 107 Å². The molecular formula is C53H89N9O17S2. The van der Waals surface area contributed by atoms with Gasteiger partial charge in [0.1, 0.15) is 0 Å². The summed E-state index contributed by atoms with van der Waals surface area (Å²) < 4.78 is 43.1. The van der Waals surface area contributed by atoms with Crippen LogP contribution in [0.1, 0.15) is 84.5 Å². The Kier molecular flexibility index (Phi) is 41.4. The molecule has 9 amide bonds. The summed E-state index contributed by atoms with van der Waals surface area (Å²) in [6, 6.07) is 0.782. The first-order valence-corrected chi connectivity index (χ1v) is 29.5. The number of thioether (sulfide) groups is 2. The lowest BCUT2D eigenvalue weighted by atomic mass is 10.0. The van der Waals surface area contributed by atoms with Gasteiger partial charge in [0.25, 0.3) is 11.8 Å². The van der Waals surface area contributed by atoms with E-state index in [0.717, 1.165) is 50.0 Å². The number of amides is 9. The van der Waals surface area contributed by atoms with Crippen LogP contribution in [0, 0.1) is 24.7 Å². The van der Waals surface area contributed by atoms with Crippen LogP contribution in [0.25, 0.3) is 0 Å². The number of imide groups is 1. The maximum Gasteiger partial charge on any atom is 0.335 e. The molecule has 460 valence electrons. The van der Waals surface area contributed by atoms with E-state index in [1.54, 1.807) is 0 Å². The molecule has 0 bridgehead atoms. The van der Waals surface area contributed by atoms with Crippen molar-refractivity contribution in [3.05, 3.63) is 0 Å². The van der Waals surface area contributed by atoms with E-state index in [1.165, 1.54) is 0 Å². The van der Waals surface area contributed by atoms with Crippen LogP contribution in [0.3, 0.4) is 0 Å². The third-order valence-corrected chi connectivity index (χ3v) is 15.2. The first-order valence-electron chi connectivity index (χ1n) is 27.4. The third kappa shape index (κ3) is 33.7. The van der Waals surface area contributed by atoms with Gasteiger partial charge in [0, 0.05) is 67.2 Å². The molecular weight excluding hydrogens is 1100 g/mol. The molecule has 0 aromatic heterocycles. The van der Waals surface area contributed by atoms with Crippen LogP contribution in [0.5, 0.6) is 0 Å². The van der Waals surface area contributed by atoms with Crippen molar-refractivity contribution in [2.24, 2.45) is 5.73 Å². The Morgan fingerprint density at radius 2 is 0.889 bits per heavy atom. The van der Waals surface area contributed by atoms with E-state index in [4.69, 9.17) is 54.9 Å². The van der Waals surface area contributed by atoms with E-state index in [1.807, 2.05) is 23.5 Å². The molecule has 0 spiro atoms. The lowest BCUT2D eigenvalue weighted by Crippen LogP contribution is -2.36.